The van der Waals surface area contributed by atoms with E-state index in [1.807, 2.05) is 46.0 Å². The molecule has 0 saturated carbocycles. The van der Waals surface area contributed by atoms with Crippen LogP contribution in [0.4, 0.5) is 10.5 Å². The minimum absolute atomic E-state index is 0.107. The Balaban J connectivity index is 1.31. The Morgan fingerprint density at radius 3 is 2.53 bits per heavy atom. The van der Waals surface area contributed by atoms with E-state index < -0.39 is 0 Å². The first kappa shape index (κ1) is 22.1. The second-order valence-corrected chi connectivity index (χ2v) is 8.03. The summed E-state index contributed by atoms with van der Waals surface area (Å²) in [5.74, 6) is 0.918. The van der Waals surface area contributed by atoms with Crippen molar-refractivity contribution in [1.29, 1.82) is 0 Å². The molecule has 3 amide bonds. The van der Waals surface area contributed by atoms with Gasteiger partial charge in [-0.05, 0) is 42.1 Å². The first-order valence-electron chi connectivity index (χ1n) is 10.5. The second-order valence-electron chi connectivity index (χ2n) is 7.25. The number of urea groups is 1. The van der Waals surface area contributed by atoms with Crippen LogP contribution >= 0.6 is 11.3 Å². The van der Waals surface area contributed by atoms with Crippen LogP contribution in [0.15, 0.2) is 41.1 Å². The highest BCUT2D eigenvalue weighted by Crippen LogP contribution is 2.16. The van der Waals surface area contributed by atoms with Crippen LogP contribution < -0.4 is 15.4 Å². The number of ether oxygens (including phenoxy) is 1. The van der Waals surface area contributed by atoms with Gasteiger partial charge in [-0.15, -0.1) is 0 Å². The number of thiophene rings is 1. The number of carbonyl (C=O) groups excluding carboxylic acids is 2. The van der Waals surface area contributed by atoms with Gasteiger partial charge < -0.3 is 20.3 Å². The van der Waals surface area contributed by atoms with Crippen LogP contribution in [0.1, 0.15) is 30.1 Å². The normalized spacial score (nSPS) is 14.4. The van der Waals surface area contributed by atoms with Crippen molar-refractivity contribution in [2.45, 2.75) is 19.8 Å². The van der Waals surface area contributed by atoms with E-state index in [0.29, 0.717) is 26.2 Å². The third kappa shape index (κ3) is 6.74. The molecule has 0 aliphatic carbocycles. The van der Waals surface area contributed by atoms with E-state index in [2.05, 4.69) is 22.5 Å². The lowest BCUT2D eigenvalue weighted by molar-refractivity contribution is 0.0640. The van der Waals surface area contributed by atoms with Crippen LogP contribution in [-0.4, -0.2) is 67.6 Å². The predicted octanol–water partition coefficient (Wildman–Crippen LogP) is 3.51. The lowest BCUT2D eigenvalue weighted by Crippen LogP contribution is -2.50. The summed E-state index contributed by atoms with van der Waals surface area (Å²) in [7, 11) is 0. The largest absolute Gasteiger partial charge is 0.494 e. The molecule has 1 aliphatic heterocycles. The summed E-state index contributed by atoms with van der Waals surface area (Å²) >= 11 is 1.54. The van der Waals surface area contributed by atoms with Gasteiger partial charge in [-0.1, -0.05) is 13.3 Å². The number of nitrogens with one attached hydrogen (secondary N) is 2. The van der Waals surface area contributed by atoms with Gasteiger partial charge in [0.1, 0.15) is 5.75 Å². The highest BCUT2D eigenvalue weighted by atomic mass is 32.1. The Kier molecular flexibility index (Phi) is 8.53. The average Bonchev–Trinajstić information content (AvgIpc) is 3.30. The average molecular weight is 431 g/mol. The maximum atomic E-state index is 12.4. The van der Waals surface area contributed by atoms with Gasteiger partial charge in [0.05, 0.1) is 12.2 Å². The molecule has 0 spiro atoms. The minimum Gasteiger partial charge on any atom is -0.494 e. The van der Waals surface area contributed by atoms with E-state index in [1.165, 1.54) is 0 Å². The predicted molar refractivity (Wildman–Crippen MR) is 121 cm³/mol. The number of anilines is 1. The molecule has 1 fully saturated rings. The van der Waals surface area contributed by atoms with E-state index in [4.69, 9.17) is 4.74 Å². The van der Waals surface area contributed by atoms with Crippen LogP contribution in [0.3, 0.4) is 0 Å². The smallest absolute Gasteiger partial charge is 0.319 e. The van der Waals surface area contributed by atoms with Gasteiger partial charge in [0.25, 0.3) is 5.91 Å². The summed E-state index contributed by atoms with van der Waals surface area (Å²) < 4.78 is 5.62. The Bertz CT molecular complexity index is 787. The fourth-order valence-electron chi connectivity index (χ4n) is 3.21. The van der Waals surface area contributed by atoms with Crippen LogP contribution in [0.5, 0.6) is 5.75 Å². The van der Waals surface area contributed by atoms with Gasteiger partial charge >= 0.3 is 6.03 Å². The maximum Gasteiger partial charge on any atom is 0.319 e. The Morgan fingerprint density at radius 2 is 1.87 bits per heavy atom. The van der Waals surface area contributed by atoms with Crippen molar-refractivity contribution in [2.24, 2.45) is 0 Å². The van der Waals surface area contributed by atoms with Gasteiger partial charge in [-0.3, -0.25) is 9.69 Å². The molecule has 2 aromatic rings. The van der Waals surface area contributed by atoms with Crippen molar-refractivity contribution in [3.63, 3.8) is 0 Å². The molecule has 0 atom stereocenters. The van der Waals surface area contributed by atoms with Gasteiger partial charge in [-0.2, -0.15) is 11.3 Å². The zero-order valence-corrected chi connectivity index (χ0v) is 18.2. The highest BCUT2D eigenvalue weighted by molar-refractivity contribution is 7.08. The molecular formula is C22H30N4O3S. The van der Waals surface area contributed by atoms with E-state index in [-0.39, 0.29) is 11.9 Å². The molecule has 8 heteroatoms. The summed E-state index contributed by atoms with van der Waals surface area (Å²) in [6.07, 6.45) is 2.13. The summed E-state index contributed by atoms with van der Waals surface area (Å²) in [5.41, 5.74) is 1.50. The first-order chi connectivity index (χ1) is 14.7. The van der Waals surface area contributed by atoms with Crippen LogP contribution in [0.25, 0.3) is 0 Å². The minimum atomic E-state index is -0.221. The van der Waals surface area contributed by atoms with Crippen LogP contribution in [0.2, 0.25) is 0 Å². The molecule has 0 unspecified atom stereocenters. The summed E-state index contributed by atoms with van der Waals surface area (Å²) in [6.45, 7) is 7.22. The van der Waals surface area contributed by atoms with Gasteiger partial charge in [-0.25, -0.2) is 4.79 Å². The third-order valence-corrected chi connectivity index (χ3v) is 5.70. The number of hydrogen-bond acceptors (Lipinski definition) is 5. The third-order valence-electron chi connectivity index (χ3n) is 5.02. The number of nitrogens with zero attached hydrogens (tertiary/aromatic N) is 2. The van der Waals surface area contributed by atoms with Gasteiger partial charge in [0.2, 0.25) is 0 Å². The Morgan fingerprint density at radius 1 is 1.10 bits per heavy atom. The van der Waals surface area contributed by atoms with Crippen molar-refractivity contribution < 1.29 is 14.3 Å². The zero-order chi connectivity index (χ0) is 21.2. The van der Waals surface area contributed by atoms with Crippen molar-refractivity contribution in [1.82, 2.24) is 15.1 Å². The number of hydrogen-bond donors (Lipinski definition) is 2. The monoisotopic (exact) mass is 430 g/mol. The van der Waals surface area contributed by atoms with Crippen LogP contribution in [-0.2, 0) is 0 Å². The zero-order valence-electron chi connectivity index (χ0n) is 17.4. The first-order valence-corrected chi connectivity index (χ1v) is 11.4. The molecule has 1 aromatic heterocycles. The molecule has 7 nitrogen and oxygen atoms in total. The number of unbranched alkanes of at least 4 members (excludes halogenated alkanes) is 1. The lowest BCUT2D eigenvalue weighted by atomic mass is 10.2. The molecule has 1 aromatic carbocycles. The lowest BCUT2D eigenvalue weighted by Gasteiger charge is -2.34. The fourth-order valence-corrected chi connectivity index (χ4v) is 3.84. The number of benzene rings is 1. The van der Waals surface area contributed by atoms with Crippen molar-refractivity contribution in [3.05, 3.63) is 46.7 Å². The molecule has 3 rings (SSSR count). The highest BCUT2D eigenvalue weighted by Gasteiger charge is 2.22. The molecule has 162 valence electrons. The molecular weight excluding hydrogens is 400 g/mol. The van der Waals surface area contributed by atoms with E-state index in [1.54, 1.807) is 11.3 Å². The summed E-state index contributed by atoms with van der Waals surface area (Å²) in [6, 6.07) is 9.05. The van der Waals surface area contributed by atoms with Crippen molar-refractivity contribution in [2.75, 3.05) is 51.2 Å². The number of piperazine rings is 1. The topological polar surface area (TPSA) is 73.9 Å². The van der Waals surface area contributed by atoms with Gasteiger partial charge in [0, 0.05) is 50.3 Å². The number of carbonyl (C=O) groups is 2. The number of amides is 3. The van der Waals surface area contributed by atoms with Crippen molar-refractivity contribution in [3.8, 4) is 5.75 Å². The molecule has 1 saturated heterocycles. The molecule has 2 N–H and O–H groups in total. The second kappa shape index (κ2) is 11.6. The van der Waals surface area contributed by atoms with E-state index in [9.17, 15) is 9.59 Å². The SMILES string of the molecule is CCCCOc1ccc(NC(=O)NCCN2CCN(C(=O)c3ccsc3)CC2)cc1. The molecule has 0 radical (unpaired) electrons. The molecule has 30 heavy (non-hydrogen) atoms. The molecule has 2 heterocycles. The molecule has 0 bridgehead atoms. The van der Waals surface area contributed by atoms with E-state index >= 15 is 0 Å². The maximum absolute atomic E-state index is 12.4. The number of rotatable bonds is 9. The summed E-state index contributed by atoms with van der Waals surface area (Å²) in [5, 5.41) is 9.54. The quantitative estimate of drug-likeness (QED) is 0.597. The fraction of sp³-hybridized carbons (Fsp3) is 0.455. The standard InChI is InChI=1S/C22H30N4O3S/c1-2-3-15-29-20-6-4-19(5-7-20)24-22(28)23-9-10-25-11-13-26(14-12-25)21(27)18-8-16-30-17-18/h4-8,16-17H,2-3,9-15H2,1H3,(H2,23,24,28). The summed E-state index contributed by atoms with van der Waals surface area (Å²) in [4.78, 5) is 28.6. The van der Waals surface area contributed by atoms with E-state index in [0.717, 1.165) is 49.5 Å². The molecule has 1 aliphatic rings. The Hall–Kier alpha value is -2.58. The van der Waals surface area contributed by atoms with Crippen LogP contribution in [0, 0.1) is 0 Å². The van der Waals surface area contributed by atoms with Gasteiger partial charge in [0.15, 0.2) is 0 Å². The Labute approximate surface area is 182 Å². The van der Waals surface area contributed by atoms with Crippen molar-refractivity contribution >= 4 is 29.0 Å².